The van der Waals surface area contributed by atoms with Crippen LogP contribution < -0.4 is 10.2 Å². The normalized spacial score (nSPS) is 11.5. The molecule has 0 bridgehead atoms. The molecule has 0 fully saturated rings. The van der Waals surface area contributed by atoms with E-state index in [0.717, 1.165) is 0 Å². The van der Waals surface area contributed by atoms with E-state index in [0.29, 0.717) is 27.8 Å². The summed E-state index contributed by atoms with van der Waals surface area (Å²) in [6.07, 6.45) is 3.51. The molecule has 5 heteroatoms. The Bertz CT molecular complexity index is 1000. The molecule has 0 atom stereocenters. The van der Waals surface area contributed by atoms with Crippen molar-refractivity contribution in [2.75, 3.05) is 0 Å². The second-order valence-corrected chi connectivity index (χ2v) is 6.40. The lowest BCUT2D eigenvalue weighted by atomic mass is 10.1. The predicted octanol–water partition coefficient (Wildman–Crippen LogP) is 5.37. The van der Waals surface area contributed by atoms with Crippen LogP contribution in [0.1, 0.15) is 13.8 Å². The third-order valence-corrected chi connectivity index (χ3v) is 3.83. The van der Waals surface area contributed by atoms with Crippen molar-refractivity contribution in [2.24, 2.45) is 5.92 Å². The third kappa shape index (κ3) is 3.69. The average Bonchev–Trinajstić information content (AvgIpc) is 2.57. The Labute approximate surface area is 149 Å². The van der Waals surface area contributed by atoms with Gasteiger partial charge in [0.05, 0.1) is 11.6 Å². The number of allylic oxidation sites excluding steroid dienone is 1. The van der Waals surface area contributed by atoms with E-state index in [1.54, 1.807) is 48.7 Å². The van der Waals surface area contributed by atoms with Gasteiger partial charge in [-0.15, -0.1) is 0 Å². The molecular formula is C20H17ClO4. The second kappa shape index (κ2) is 7.03. The Morgan fingerprint density at radius 2 is 2.00 bits per heavy atom. The van der Waals surface area contributed by atoms with Crippen LogP contribution in [0.15, 0.2) is 64.0 Å². The Morgan fingerprint density at radius 3 is 2.72 bits per heavy atom. The van der Waals surface area contributed by atoms with E-state index in [1.807, 2.05) is 19.9 Å². The molecule has 0 aliphatic carbocycles. The molecule has 0 amide bonds. The Morgan fingerprint density at radius 1 is 1.20 bits per heavy atom. The fraction of sp³-hybridized carbons (Fsp3) is 0.150. The van der Waals surface area contributed by atoms with Crippen LogP contribution >= 0.6 is 11.6 Å². The Kier molecular flexibility index (Phi) is 4.81. The van der Waals surface area contributed by atoms with Crippen LogP contribution in [0.5, 0.6) is 11.5 Å². The molecule has 1 aromatic heterocycles. The van der Waals surface area contributed by atoms with Crippen LogP contribution in [-0.2, 0) is 0 Å². The van der Waals surface area contributed by atoms with Crippen molar-refractivity contribution in [2.45, 2.75) is 13.8 Å². The smallest absolute Gasteiger partial charge is 0.235 e. The first-order chi connectivity index (χ1) is 12.0. The molecule has 0 saturated heterocycles. The van der Waals surface area contributed by atoms with Gasteiger partial charge in [0.25, 0.3) is 0 Å². The molecule has 2 aromatic carbocycles. The number of benzene rings is 2. The Balaban J connectivity index is 2.10. The predicted molar refractivity (Wildman–Crippen MR) is 99.2 cm³/mol. The molecule has 0 aliphatic heterocycles. The first kappa shape index (κ1) is 17.1. The minimum Gasteiger partial charge on any atom is -0.502 e. The topological polar surface area (TPSA) is 59.7 Å². The maximum atomic E-state index is 12.4. The minimum absolute atomic E-state index is 0.0786. The lowest BCUT2D eigenvalue weighted by molar-refractivity contribution is 0.447. The fourth-order valence-corrected chi connectivity index (χ4v) is 2.53. The van der Waals surface area contributed by atoms with E-state index >= 15 is 0 Å². The van der Waals surface area contributed by atoms with Crippen molar-refractivity contribution < 1.29 is 14.3 Å². The van der Waals surface area contributed by atoms with Gasteiger partial charge in [0, 0.05) is 16.7 Å². The quantitative estimate of drug-likeness (QED) is 0.638. The molecule has 4 nitrogen and oxygen atoms in total. The van der Waals surface area contributed by atoms with E-state index in [-0.39, 0.29) is 11.1 Å². The zero-order chi connectivity index (χ0) is 18.0. The average molecular weight is 357 g/mol. The maximum Gasteiger partial charge on any atom is 0.235 e. The molecule has 3 rings (SSSR count). The fourth-order valence-electron chi connectivity index (χ4n) is 2.34. The van der Waals surface area contributed by atoms with E-state index in [2.05, 4.69) is 0 Å². The second-order valence-electron chi connectivity index (χ2n) is 5.97. The number of aromatic hydroxyl groups is 1. The highest BCUT2D eigenvalue weighted by atomic mass is 35.5. The summed E-state index contributed by atoms with van der Waals surface area (Å²) in [5, 5.41) is 11.0. The lowest BCUT2D eigenvalue weighted by Gasteiger charge is -2.07. The van der Waals surface area contributed by atoms with Crippen LogP contribution in [0.2, 0.25) is 5.02 Å². The van der Waals surface area contributed by atoms with E-state index < -0.39 is 11.2 Å². The number of rotatable bonds is 4. The van der Waals surface area contributed by atoms with E-state index in [9.17, 15) is 9.90 Å². The first-order valence-electron chi connectivity index (χ1n) is 7.85. The summed E-state index contributed by atoms with van der Waals surface area (Å²) >= 11 is 5.98. The van der Waals surface area contributed by atoms with E-state index in [1.165, 1.54) is 0 Å². The van der Waals surface area contributed by atoms with Crippen molar-refractivity contribution in [3.63, 3.8) is 0 Å². The van der Waals surface area contributed by atoms with Crippen LogP contribution in [0.3, 0.4) is 0 Å². The van der Waals surface area contributed by atoms with Gasteiger partial charge in [0.15, 0.2) is 5.76 Å². The highest BCUT2D eigenvalue weighted by molar-refractivity contribution is 6.30. The molecule has 3 aromatic rings. The standard InChI is InChI=1S/C20H17ClO4/c1-12(2)8-9-24-15-6-7-16-17(11-15)25-20(19(23)18(16)22)13-4-3-5-14(21)10-13/h3-12,23H,1-2H3. The van der Waals surface area contributed by atoms with Crippen molar-refractivity contribution in [1.82, 2.24) is 0 Å². The van der Waals surface area contributed by atoms with Gasteiger partial charge in [-0.1, -0.05) is 37.6 Å². The minimum atomic E-state index is -0.500. The van der Waals surface area contributed by atoms with Gasteiger partial charge in [-0.3, -0.25) is 4.79 Å². The number of hydrogen-bond acceptors (Lipinski definition) is 4. The summed E-state index contributed by atoms with van der Waals surface area (Å²) < 4.78 is 11.3. The lowest BCUT2D eigenvalue weighted by Crippen LogP contribution is -2.02. The summed E-state index contributed by atoms with van der Waals surface area (Å²) in [5.41, 5.74) is 0.351. The van der Waals surface area contributed by atoms with Gasteiger partial charge in [-0.05, 0) is 36.3 Å². The number of fused-ring (bicyclic) bond motifs is 1. The monoisotopic (exact) mass is 356 g/mol. The molecule has 1 N–H and O–H groups in total. The molecule has 1 heterocycles. The first-order valence-corrected chi connectivity index (χ1v) is 8.22. The zero-order valence-electron chi connectivity index (χ0n) is 13.8. The van der Waals surface area contributed by atoms with Crippen LogP contribution in [0, 0.1) is 5.92 Å². The molecule has 0 unspecified atom stereocenters. The molecule has 0 aliphatic rings. The van der Waals surface area contributed by atoms with Crippen LogP contribution in [0.25, 0.3) is 22.3 Å². The number of hydrogen-bond donors (Lipinski definition) is 1. The SMILES string of the molecule is CC(C)C=COc1ccc2c(=O)c(O)c(-c3cccc(Cl)c3)oc2c1. The molecular weight excluding hydrogens is 340 g/mol. The molecule has 0 spiro atoms. The molecule has 0 radical (unpaired) electrons. The van der Waals surface area contributed by atoms with Gasteiger partial charge < -0.3 is 14.3 Å². The van der Waals surface area contributed by atoms with Gasteiger partial charge in [-0.25, -0.2) is 0 Å². The van der Waals surface area contributed by atoms with Gasteiger partial charge in [0.1, 0.15) is 11.3 Å². The summed E-state index contributed by atoms with van der Waals surface area (Å²) in [4.78, 5) is 12.4. The summed E-state index contributed by atoms with van der Waals surface area (Å²) in [5.74, 6) is 0.540. The summed E-state index contributed by atoms with van der Waals surface area (Å²) in [6, 6.07) is 11.6. The van der Waals surface area contributed by atoms with Gasteiger partial charge >= 0.3 is 0 Å². The number of ether oxygens (including phenoxy) is 1. The van der Waals surface area contributed by atoms with Gasteiger partial charge in [0.2, 0.25) is 11.2 Å². The highest BCUT2D eigenvalue weighted by Gasteiger charge is 2.16. The van der Waals surface area contributed by atoms with Crippen molar-refractivity contribution in [3.05, 3.63) is 70.0 Å². The third-order valence-electron chi connectivity index (χ3n) is 3.59. The van der Waals surface area contributed by atoms with Gasteiger partial charge in [-0.2, -0.15) is 0 Å². The molecule has 128 valence electrons. The summed E-state index contributed by atoms with van der Waals surface area (Å²) in [7, 11) is 0. The molecule has 0 saturated carbocycles. The largest absolute Gasteiger partial charge is 0.502 e. The Hall–Kier alpha value is -2.72. The van der Waals surface area contributed by atoms with Crippen molar-refractivity contribution in [3.8, 4) is 22.8 Å². The van der Waals surface area contributed by atoms with E-state index in [4.69, 9.17) is 20.8 Å². The van der Waals surface area contributed by atoms with Crippen molar-refractivity contribution >= 4 is 22.6 Å². The van der Waals surface area contributed by atoms with Crippen LogP contribution in [0.4, 0.5) is 0 Å². The maximum absolute atomic E-state index is 12.4. The zero-order valence-corrected chi connectivity index (χ0v) is 14.6. The summed E-state index contributed by atoms with van der Waals surface area (Å²) in [6.45, 7) is 4.08. The highest BCUT2D eigenvalue weighted by Crippen LogP contribution is 2.32. The number of halogens is 1. The molecule has 25 heavy (non-hydrogen) atoms. The van der Waals surface area contributed by atoms with Crippen molar-refractivity contribution in [1.29, 1.82) is 0 Å². The van der Waals surface area contributed by atoms with Crippen LogP contribution in [-0.4, -0.2) is 5.11 Å².